The van der Waals surface area contributed by atoms with E-state index in [1.54, 1.807) is 42.1 Å². The zero-order chi connectivity index (χ0) is 46.5. The number of hydrogen-bond donors (Lipinski definition) is 3. The molecule has 3 aromatic heterocycles. The van der Waals surface area contributed by atoms with Crippen LogP contribution < -0.4 is 14.8 Å². The van der Waals surface area contributed by atoms with Crippen molar-refractivity contribution in [2.75, 3.05) is 44.0 Å². The summed E-state index contributed by atoms with van der Waals surface area (Å²) in [6.45, 7) is 3.48. The second kappa shape index (κ2) is 18.5. The van der Waals surface area contributed by atoms with Crippen LogP contribution in [-0.2, 0) is 24.5 Å². The second-order valence-corrected chi connectivity index (χ2v) is 24.7. The number of ether oxygens (including phenoxy) is 1. The van der Waals surface area contributed by atoms with Crippen molar-refractivity contribution in [1.29, 1.82) is 0 Å². The third-order valence-electron chi connectivity index (χ3n) is 15.6. The number of anilines is 1. The molecule has 2 aliphatic heterocycles. The van der Waals surface area contributed by atoms with Gasteiger partial charge in [0.1, 0.15) is 22.4 Å². The number of likely N-dealkylation sites (tertiary alicyclic amines) is 2. The Morgan fingerprint density at radius 3 is 2.45 bits per heavy atom. The van der Waals surface area contributed by atoms with E-state index in [2.05, 4.69) is 63.4 Å². The molecule has 6 aliphatic rings. The first-order valence-electron chi connectivity index (χ1n) is 24.2. The van der Waals surface area contributed by atoms with E-state index in [-0.39, 0.29) is 29.4 Å². The second-order valence-electron chi connectivity index (χ2n) is 20.4. The van der Waals surface area contributed by atoms with Crippen molar-refractivity contribution in [3.63, 3.8) is 0 Å². The summed E-state index contributed by atoms with van der Waals surface area (Å²) in [5.74, 6) is 0.484. The van der Waals surface area contributed by atoms with Crippen LogP contribution in [-0.4, -0.2) is 111 Å². The van der Waals surface area contributed by atoms with Crippen LogP contribution in [0.2, 0.25) is 0 Å². The highest BCUT2D eigenvalue weighted by molar-refractivity contribution is 7.92. The maximum absolute atomic E-state index is 14.1. The molecule has 67 heavy (non-hydrogen) atoms. The molecule has 5 heterocycles. The Morgan fingerprint density at radius 2 is 1.72 bits per heavy atom. The van der Waals surface area contributed by atoms with Gasteiger partial charge >= 0.3 is 5.69 Å². The maximum Gasteiger partial charge on any atom is 0.312 e. The Balaban J connectivity index is 0.792. The number of nitrogens with one attached hydrogen (secondary N) is 3. The van der Waals surface area contributed by atoms with Gasteiger partial charge in [-0.25, -0.2) is 27.5 Å². The highest BCUT2D eigenvalue weighted by Gasteiger charge is 2.51. The molecule has 3 atom stereocenters. The molecule has 3 N–H and O–H groups in total. The Bertz CT molecular complexity index is 2770. The van der Waals surface area contributed by atoms with Crippen LogP contribution in [0.5, 0.6) is 5.75 Å². The molecule has 10 rings (SSSR count). The molecule has 1 aromatic carbocycles. The topological polar surface area (TPSA) is 205 Å². The molecule has 2 unspecified atom stereocenters. The van der Waals surface area contributed by atoms with Gasteiger partial charge in [0.05, 0.1) is 28.9 Å². The number of carbonyl (C=O) groups is 1. The summed E-state index contributed by atoms with van der Waals surface area (Å²) >= 11 is 0. The summed E-state index contributed by atoms with van der Waals surface area (Å²) < 4.78 is 52.9. The van der Waals surface area contributed by atoms with Crippen molar-refractivity contribution >= 4 is 48.2 Å². The molecule has 0 radical (unpaired) electrons. The number of nitrogens with zero attached hydrogens (tertiary/aromatic N) is 6. The molecule has 1 spiro atoms. The van der Waals surface area contributed by atoms with Crippen LogP contribution in [0, 0.1) is 21.4 Å². The largest absolute Gasteiger partial charge is 0.484 e. The number of nitro groups is 1. The molecule has 5 fully saturated rings. The predicted octanol–water partition coefficient (Wildman–Crippen LogP) is 7.86. The third kappa shape index (κ3) is 10.1. The first-order chi connectivity index (χ1) is 32.2. The normalized spacial score (nSPS) is 26.2. The smallest absolute Gasteiger partial charge is 0.312 e. The molecular formula is C49H63N9O7S2. The summed E-state index contributed by atoms with van der Waals surface area (Å²) in [6, 6.07) is 15.1. The fourth-order valence-corrected chi connectivity index (χ4v) is 13.8. The Hall–Kier alpha value is -4.91. The Labute approximate surface area is 393 Å². The van der Waals surface area contributed by atoms with Gasteiger partial charge in [0.25, 0.3) is 15.9 Å². The van der Waals surface area contributed by atoms with Gasteiger partial charge in [0.2, 0.25) is 5.82 Å². The van der Waals surface area contributed by atoms with Gasteiger partial charge in [-0.05, 0) is 144 Å². The average molecular weight is 954 g/mol. The number of aromatic amines is 1. The van der Waals surface area contributed by atoms with Gasteiger partial charge in [-0.3, -0.25) is 28.9 Å². The van der Waals surface area contributed by atoms with Crippen molar-refractivity contribution in [2.24, 2.45) is 15.7 Å². The van der Waals surface area contributed by atoms with Crippen LogP contribution in [0.3, 0.4) is 0 Å². The standard InChI is InChI=1S/C49H63N9O7S2/c1-66(2,62)54-35-13-9-32(10-14-35)29-51-47-44(58(60)61)26-39(31-53-47)67(63,64)55-48(59)42-16-15-36(25-45(42)65-38-24-34-17-20-50-46(34)52-30-38)56-22-18-49(19-23-56)27-37(28-49)57-21-5-8-43(57)41-7-4-3-6-40(41)33-11-12-33/h3-4,6-7,16-17,20,24,26,30-33,35-37,43,45H,5,8-15,18-19,21-23,25,27-29H2,1-2H3,(H,50,52)(H,51,53)(H,55,59)/t32?,35?,36?,43-,45?/m0/s1. The van der Waals surface area contributed by atoms with E-state index < -0.39 is 47.3 Å². The fourth-order valence-electron chi connectivity index (χ4n) is 11.9. The van der Waals surface area contributed by atoms with Crippen molar-refractivity contribution in [3.05, 3.63) is 93.9 Å². The van der Waals surface area contributed by atoms with Crippen LogP contribution in [0.4, 0.5) is 11.5 Å². The van der Waals surface area contributed by atoms with Gasteiger partial charge in [-0.2, -0.15) is 0 Å². The lowest BCUT2D eigenvalue weighted by atomic mass is 9.59. The number of fused-ring (bicyclic) bond motifs is 1. The number of rotatable bonds is 14. The molecule has 4 aliphatic carbocycles. The SMILES string of the molecule is CS(C)(=O)=NC1CCC(CNc2ncc(S(=O)(=O)NC(=O)C3=CCC(N4CCC5(CC4)CC(N4CCC[C@H]4c4ccccc4C4CC4)C5)CC3Oc3cnc4[nH]ccc4c3)cc2[N+](=O)[O-])CC1. The van der Waals surface area contributed by atoms with Crippen molar-refractivity contribution < 1.29 is 27.1 Å². The van der Waals surface area contributed by atoms with Crippen molar-refractivity contribution in [3.8, 4) is 5.75 Å². The summed E-state index contributed by atoms with van der Waals surface area (Å²) in [5.41, 5.74) is 3.86. The Kier molecular flexibility index (Phi) is 12.7. The number of carbonyl (C=O) groups excluding carboxylic acids is 1. The summed E-state index contributed by atoms with van der Waals surface area (Å²) in [6.07, 6.45) is 22.7. The van der Waals surface area contributed by atoms with Crippen LogP contribution >= 0.6 is 0 Å². The maximum atomic E-state index is 14.1. The van der Waals surface area contributed by atoms with E-state index in [9.17, 15) is 27.5 Å². The number of sulfonamides is 1. The molecule has 4 aromatic rings. The lowest BCUT2D eigenvalue weighted by Gasteiger charge is -2.56. The molecule has 1 amide bonds. The third-order valence-corrected chi connectivity index (χ3v) is 17.7. The number of hydrogen-bond acceptors (Lipinski definition) is 13. The first-order valence-corrected chi connectivity index (χ1v) is 28.0. The van der Waals surface area contributed by atoms with Crippen LogP contribution in [0.1, 0.15) is 113 Å². The van der Waals surface area contributed by atoms with Gasteiger partial charge in [-0.1, -0.05) is 30.3 Å². The predicted molar refractivity (Wildman–Crippen MR) is 258 cm³/mol. The summed E-state index contributed by atoms with van der Waals surface area (Å²) in [5, 5.41) is 16.1. The minimum Gasteiger partial charge on any atom is -0.484 e. The van der Waals surface area contributed by atoms with Crippen LogP contribution in [0.25, 0.3) is 11.0 Å². The van der Waals surface area contributed by atoms with E-state index in [1.807, 2.05) is 12.1 Å². The first kappa shape index (κ1) is 45.9. The fraction of sp³-hybridized carbons (Fsp3) is 0.571. The van der Waals surface area contributed by atoms with E-state index in [1.165, 1.54) is 45.1 Å². The van der Waals surface area contributed by atoms with Crippen molar-refractivity contribution in [2.45, 2.75) is 131 Å². The summed E-state index contributed by atoms with van der Waals surface area (Å²) in [7, 11) is -6.79. The van der Waals surface area contributed by atoms with Crippen LogP contribution in [0.15, 0.2) is 82.0 Å². The molecule has 16 nitrogen and oxygen atoms in total. The molecule has 0 bridgehead atoms. The number of piperidine rings is 1. The number of pyridine rings is 2. The molecule has 18 heteroatoms. The monoisotopic (exact) mass is 953 g/mol. The quantitative estimate of drug-likeness (QED) is 0.0816. The number of amides is 1. The highest BCUT2D eigenvalue weighted by atomic mass is 32.2. The molecule has 358 valence electrons. The van der Waals surface area contributed by atoms with E-state index in [0.717, 1.165) is 75.2 Å². The minimum atomic E-state index is -4.59. The molecule has 2 saturated heterocycles. The van der Waals surface area contributed by atoms with Crippen molar-refractivity contribution in [1.82, 2.24) is 29.5 Å². The summed E-state index contributed by atoms with van der Waals surface area (Å²) in [4.78, 5) is 42.2. The van der Waals surface area contributed by atoms with Gasteiger partial charge < -0.3 is 15.0 Å². The molecular weight excluding hydrogens is 891 g/mol. The van der Waals surface area contributed by atoms with Gasteiger partial charge in [0.15, 0.2) is 0 Å². The lowest BCUT2D eigenvalue weighted by molar-refractivity contribution is -0.384. The zero-order valence-electron chi connectivity index (χ0n) is 38.5. The molecule has 3 saturated carbocycles. The number of H-pyrrole nitrogens is 1. The van der Waals surface area contributed by atoms with Gasteiger partial charge in [-0.15, -0.1) is 0 Å². The van der Waals surface area contributed by atoms with E-state index >= 15 is 0 Å². The van der Waals surface area contributed by atoms with E-state index in [4.69, 9.17) is 4.74 Å². The Morgan fingerprint density at radius 1 is 0.955 bits per heavy atom. The van der Waals surface area contributed by atoms with E-state index in [0.29, 0.717) is 48.3 Å². The average Bonchev–Trinajstić information content (AvgIpc) is 3.84. The van der Waals surface area contributed by atoms with Gasteiger partial charge in [0, 0.05) is 71.0 Å². The number of benzene rings is 1. The lowest BCUT2D eigenvalue weighted by Crippen LogP contribution is -2.56. The number of aromatic nitrogens is 3. The zero-order valence-corrected chi connectivity index (χ0v) is 40.1. The minimum absolute atomic E-state index is 0.0295. The highest BCUT2D eigenvalue weighted by Crippen LogP contribution is 2.55.